The van der Waals surface area contributed by atoms with Crippen molar-refractivity contribution in [2.24, 2.45) is 0 Å². The summed E-state index contributed by atoms with van der Waals surface area (Å²) in [7, 11) is 0. The van der Waals surface area contributed by atoms with Crippen LogP contribution in [-0.4, -0.2) is 9.97 Å². The summed E-state index contributed by atoms with van der Waals surface area (Å²) < 4.78 is 32.6. The van der Waals surface area contributed by atoms with Crippen molar-refractivity contribution in [2.45, 2.75) is 26.7 Å². The molecule has 128 valence electrons. The molecule has 0 radical (unpaired) electrons. The average Bonchev–Trinajstić information content (AvgIpc) is 2.56. The van der Waals surface area contributed by atoms with Crippen molar-refractivity contribution in [3.63, 3.8) is 0 Å². The topological polar surface area (TPSA) is 35.0 Å². The van der Waals surface area contributed by atoms with Gasteiger partial charge in [0.25, 0.3) is 5.92 Å². The molecule has 0 saturated carbocycles. The van der Waals surface area contributed by atoms with Crippen molar-refractivity contribution in [2.75, 3.05) is 0 Å². The molecule has 0 aliphatic heterocycles. The van der Waals surface area contributed by atoms with E-state index in [1.165, 1.54) is 24.3 Å². The molecular weight excluding hydrogens is 322 g/mol. The quantitative estimate of drug-likeness (QED) is 0.614. The minimum Gasteiger partial charge on any atom is -0.438 e. The first-order chi connectivity index (χ1) is 11.9. The van der Waals surface area contributed by atoms with E-state index < -0.39 is 5.92 Å². The van der Waals surface area contributed by atoms with E-state index >= 15 is 0 Å². The Balaban J connectivity index is 1.99. The van der Waals surface area contributed by atoms with Gasteiger partial charge in [-0.1, -0.05) is 0 Å². The van der Waals surface area contributed by atoms with Crippen LogP contribution in [0.3, 0.4) is 0 Å². The van der Waals surface area contributed by atoms with E-state index in [2.05, 4.69) is 9.97 Å². The van der Waals surface area contributed by atoms with E-state index in [9.17, 15) is 8.78 Å². The molecule has 5 heteroatoms. The van der Waals surface area contributed by atoms with Crippen LogP contribution in [0.4, 0.5) is 8.78 Å². The Morgan fingerprint density at radius 1 is 0.920 bits per heavy atom. The van der Waals surface area contributed by atoms with Gasteiger partial charge < -0.3 is 4.74 Å². The first kappa shape index (κ1) is 17.0. The summed E-state index contributed by atoms with van der Waals surface area (Å²) in [6.07, 6.45) is 5.16. The fraction of sp³-hybridized carbons (Fsp3) is 0.200. The number of halogens is 2. The summed E-state index contributed by atoms with van der Waals surface area (Å²) in [5.74, 6) is -2.00. The second-order valence-corrected chi connectivity index (χ2v) is 6.01. The maximum absolute atomic E-state index is 13.3. The highest BCUT2D eigenvalue weighted by molar-refractivity contribution is 5.74. The molecule has 0 bridgehead atoms. The summed E-state index contributed by atoms with van der Waals surface area (Å²) in [5, 5.41) is 0. The molecule has 0 atom stereocenters. The van der Waals surface area contributed by atoms with Crippen molar-refractivity contribution in [1.29, 1.82) is 0 Å². The molecular formula is C20H18F2N2O. The lowest BCUT2D eigenvalue weighted by Gasteiger charge is -2.15. The summed E-state index contributed by atoms with van der Waals surface area (Å²) in [4.78, 5) is 8.51. The molecule has 0 N–H and O–H groups in total. The zero-order valence-corrected chi connectivity index (χ0v) is 14.3. The Morgan fingerprint density at radius 2 is 1.60 bits per heavy atom. The van der Waals surface area contributed by atoms with Crippen LogP contribution in [0.15, 0.2) is 55.0 Å². The van der Waals surface area contributed by atoms with E-state index in [1.807, 2.05) is 26.0 Å². The van der Waals surface area contributed by atoms with E-state index in [0.717, 1.165) is 29.2 Å². The standard InChI is InChI=1S/C20H18F2N2O/c1-13-8-10-23-12-17(13)18-14(2)9-11-24-19(18)25-16-6-4-15(5-7-16)20(3,21)22/h4-12H,1-3H3. The van der Waals surface area contributed by atoms with Crippen molar-refractivity contribution < 1.29 is 13.5 Å². The Hall–Kier alpha value is -2.82. The number of hydrogen-bond donors (Lipinski definition) is 0. The molecule has 0 amide bonds. The second-order valence-electron chi connectivity index (χ2n) is 6.01. The largest absolute Gasteiger partial charge is 0.438 e. The summed E-state index contributed by atoms with van der Waals surface area (Å²) in [5.41, 5.74) is 3.77. The van der Waals surface area contributed by atoms with E-state index in [1.54, 1.807) is 18.6 Å². The van der Waals surface area contributed by atoms with Crippen molar-refractivity contribution in [3.05, 3.63) is 71.7 Å². The van der Waals surface area contributed by atoms with Gasteiger partial charge in [0.15, 0.2) is 0 Å². The number of aromatic nitrogens is 2. The third-order valence-corrected chi connectivity index (χ3v) is 4.01. The monoisotopic (exact) mass is 340 g/mol. The van der Waals surface area contributed by atoms with Gasteiger partial charge in [0.05, 0.1) is 0 Å². The lowest BCUT2D eigenvalue weighted by Crippen LogP contribution is -2.06. The van der Waals surface area contributed by atoms with Gasteiger partial charge in [0.2, 0.25) is 5.88 Å². The number of rotatable bonds is 4. The Labute approximate surface area is 145 Å². The first-order valence-corrected chi connectivity index (χ1v) is 7.89. The highest BCUT2D eigenvalue weighted by atomic mass is 19.3. The van der Waals surface area contributed by atoms with Crippen LogP contribution >= 0.6 is 0 Å². The number of alkyl halides is 2. The molecule has 1 aromatic carbocycles. The van der Waals surface area contributed by atoms with E-state index in [4.69, 9.17) is 4.74 Å². The minimum atomic E-state index is -2.88. The van der Waals surface area contributed by atoms with Crippen LogP contribution in [0.2, 0.25) is 0 Å². The molecule has 0 saturated heterocycles. The number of aryl methyl sites for hydroxylation is 2. The summed E-state index contributed by atoms with van der Waals surface area (Å²) in [6, 6.07) is 9.59. The summed E-state index contributed by atoms with van der Waals surface area (Å²) >= 11 is 0. The molecule has 25 heavy (non-hydrogen) atoms. The van der Waals surface area contributed by atoms with Gasteiger partial charge in [-0.2, -0.15) is 0 Å². The maximum atomic E-state index is 13.3. The van der Waals surface area contributed by atoms with Gasteiger partial charge in [-0.3, -0.25) is 4.98 Å². The molecule has 0 spiro atoms. The van der Waals surface area contributed by atoms with E-state index in [0.29, 0.717) is 11.6 Å². The number of nitrogens with zero attached hydrogens (tertiary/aromatic N) is 2. The predicted octanol–water partition coefficient (Wildman–Crippen LogP) is 5.66. The molecule has 3 aromatic rings. The Bertz CT molecular complexity index is 887. The van der Waals surface area contributed by atoms with Crippen LogP contribution in [0, 0.1) is 13.8 Å². The zero-order valence-electron chi connectivity index (χ0n) is 14.3. The minimum absolute atomic E-state index is 0.0552. The van der Waals surface area contributed by atoms with Gasteiger partial charge in [-0.15, -0.1) is 0 Å². The third-order valence-electron chi connectivity index (χ3n) is 4.01. The Kier molecular flexibility index (Phi) is 4.49. The molecule has 0 aliphatic rings. The fourth-order valence-corrected chi connectivity index (χ4v) is 2.59. The highest BCUT2D eigenvalue weighted by Crippen LogP contribution is 2.36. The van der Waals surface area contributed by atoms with Crippen molar-refractivity contribution >= 4 is 0 Å². The lowest BCUT2D eigenvalue weighted by atomic mass is 10.00. The van der Waals surface area contributed by atoms with E-state index in [-0.39, 0.29) is 5.56 Å². The molecule has 0 fully saturated rings. The first-order valence-electron chi connectivity index (χ1n) is 7.89. The van der Waals surface area contributed by atoms with Crippen molar-refractivity contribution in [3.8, 4) is 22.8 Å². The van der Waals surface area contributed by atoms with Crippen molar-refractivity contribution in [1.82, 2.24) is 9.97 Å². The van der Waals surface area contributed by atoms with Crippen LogP contribution in [-0.2, 0) is 5.92 Å². The normalized spacial score (nSPS) is 11.4. The molecule has 0 unspecified atom stereocenters. The van der Waals surface area contributed by atoms with Gasteiger partial charge in [0.1, 0.15) is 5.75 Å². The predicted molar refractivity (Wildman–Crippen MR) is 93.0 cm³/mol. The molecule has 3 rings (SSSR count). The van der Waals surface area contributed by atoms with Gasteiger partial charge in [-0.25, -0.2) is 13.8 Å². The third kappa shape index (κ3) is 3.65. The molecule has 2 aromatic heterocycles. The highest BCUT2D eigenvalue weighted by Gasteiger charge is 2.24. The molecule has 0 aliphatic carbocycles. The number of benzene rings is 1. The molecule has 2 heterocycles. The molecule has 3 nitrogen and oxygen atoms in total. The smallest absolute Gasteiger partial charge is 0.270 e. The SMILES string of the molecule is Cc1ccncc1-c1c(C)ccnc1Oc1ccc(C(C)(F)F)cc1. The second kappa shape index (κ2) is 6.59. The fourth-order valence-electron chi connectivity index (χ4n) is 2.59. The lowest BCUT2D eigenvalue weighted by molar-refractivity contribution is 0.0174. The van der Waals surface area contributed by atoms with Gasteiger partial charge >= 0.3 is 0 Å². The number of ether oxygens (including phenoxy) is 1. The van der Waals surface area contributed by atoms with Crippen LogP contribution < -0.4 is 4.74 Å². The van der Waals surface area contributed by atoms with Crippen LogP contribution in [0.25, 0.3) is 11.1 Å². The van der Waals surface area contributed by atoms with Gasteiger partial charge in [0, 0.05) is 42.2 Å². The van der Waals surface area contributed by atoms with Crippen LogP contribution in [0.1, 0.15) is 23.6 Å². The maximum Gasteiger partial charge on any atom is 0.270 e. The Morgan fingerprint density at radius 3 is 2.24 bits per heavy atom. The average molecular weight is 340 g/mol. The number of pyridine rings is 2. The van der Waals surface area contributed by atoms with Gasteiger partial charge in [-0.05, 0) is 61.4 Å². The summed E-state index contributed by atoms with van der Waals surface area (Å²) in [6.45, 7) is 4.83. The zero-order chi connectivity index (χ0) is 18.0. The van der Waals surface area contributed by atoms with Crippen LogP contribution in [0.5, 0.6) is 11.6 Å². The number of hydrogen-bond acceptors (Lipinski definition) is 3.